The first-order valence-corrected chi connectivity index (χ1v) is 6.92. The van der Waals surface area contributed by atoms with E-state index < -0.39 is 0 Å². The van der Waals surface area contributed by atoms with Crippen LogP contribution in [-0.4, -0.2) is 17.1 Å². The number of Topliss-reactive ketones (excluding diaryl/α,β-unsaturated/α-hetero) is 1. The Morgan fingerprint density at radius 1 is 1.35 bits per heavy atom. The summed E-state index contributed by atoms with van der Waals surface area (Å²) in [6.45, 7) is 5.86. The fourth-order valence-corrected chi connectivity index (χ4v) is 2.47. The lowest BCUT2D eigenvalue weighted by molar-refractivity contribution is -0.117. The van der Waals surface area contributed by atoms with Gasteiger partial charge < -0.3 is 5.11 Å². The van der Waals surface area contributed by atoms with Crippen molar-refractivity contribution in [1.82, 2.24) is 0 Å². The zero-order valence-corrected chi connectivity index (χ0v) is 12.7. The molecular weight excluding hydrogens is 274 g/mol. The topological polar surface area (TPSA) is 49.7 Å². The second kappa shape index (κ2) is 5.41. The minimum absolute atomic E-state index is 0.0674. The smallest absolute Gasteiger partial charge is 0.168 e. The van der Waals surface area contributed by atoms with Crippen LogP contribution in [0.2, 0.25) is 5.02 Å². The average Bonchev–Trinajstić information content (AvgIpc) is 2.30. The van der Waals surface area contributed by atoms with Gasteiger partial charge in [-0.15, -0.1) is 0 Å². The summed E-state index contributed by atoms with van der Waals surface area (Å²) in [4.78, 5) is 16.3. The summed E-state index contributed by atoms with van der Waals surface area (Å²) in [5.41, 5.74) is 1.79. The van der Waals surface area contributed by atoms with Crippen molar-refractivity contribution >= 4 is 29.3 Å². The minimum atomic E-state index is -0.190. The first-order chi connectivity index (χ1) is 9.28. The normalized spacial score (nSPS) is 18.9. The molecule has 1 aromatic rings. The Bertz CT molecular complexity index is 615. The number of aliphatic imine (C=N–C) groups is 1. The van der Waals surface area contributed by atoms with Crippen LogP contribution in [-0.2, 0) is 4.79 Å². The van der Waals surface area contributed by atoms with E-state index in [2.05, 4.69) is 4.99 Å². The van der Waals surface area contributed by atoms with Gasteiger partial charge in [-0.25, -0.2) is 0 Å². The van der Waals surface area contributed by atoms with Crippen LogP contribution in [0.3, 0.4) is 0 Å². The molecule has 4 heteroatoms. The monoisotopic (exact) mass is 291 g/mol. The molecule has 106 valence electrons. The van der Waals surface area contributed by atoms with Crippen molar-refractivity contribution in [1.29, 1.82) is 0 Å². The molecule has 0 saturated carbocycles. The number of allylic oxidation sites excluding steroid dienone is 2. The fourth-order valence-electron chi connectivity index (χ4n) is 2.30. The third-order valence-corrected chi connectivity index (χ3v) is 3.64. The number of benzene rings is 1. The molecular formula is C16H18ClNO2. The highest BCUT2D eigenvalue weighted by Gasteiger charge is 2.32. The summed E-state index contributed by atoms with van der Waals surface area (Å²) in [6.07, 6.45) is 2.37. The van der Waals surface area contributed by atoms with Gasteiger partial charge in [-0.1, -0.05) is 31.5 Å². The maximum Gasteiger partial charge on any atom is 0.168 e. The van der Waals surface area contributed by atoms with Gasteiger partial charge in [0.1, 0.15) is 5.76 Å². The number of hydrogen-bond acceptors (Lipinski definition) is 3. The van der Waals surface area contributed by atoms with Crippen molar-refractivity contribution in [3.05, 3.63) is 40.1 Å². The molecule has 0 aromatic heterocycles. The number of nitrogens with zero attached hydrogens (tertiary/aromatic N) is 1. The van der Waals surface area contributed by atoms with Crippen LogP contribution in [0.25, 0.3) is 0 Å². The Morgan fingerprint density at radius 3 is 2.70 bits per heavy atom. The first-order valence-electron chi connectivity index (χ1n) is 6.54. The van der Waals surface area contributed by atoms with E-state index in [-0.39, 0.29) is 17.0 Å². The first kappa shape index (κ1) is 14.8. The molecule has 20 heavy (non-hydrogen) atoms. The van der Waals surface area contributed by atoms with Gasteiger partial charge in [0.2, 0.25) is 0 Å². The SMILES string of the molecule is Cc1ccc(Cl)cc1N=CC1=C(O)CC(C)(C)CC1=O. The Kier molecular flexibility index (Phi) is 4.00. The summed E-state index contributed by atoms with van der Waals surface area (Å²) in [5, 5.41) is 10.6. The van der Waals surface area contributed by atoms with Crippen molar-refractivity contribution < 1.29 is 9.90 Å². The quantitative estimate of drug-likeness (QED) is 0.813. The average molecular weight is 292 g/mol. The zero-order valence-electron chi connectivity index (χ0n) is 11.9. The van der Waals surface area contributed by atoms with Crippen LogP contribution in [0, 0.1) is 12.3 Å². The van der Waals surface area contributed by atoms with Gasteiger partial charge in [0.25, 0.3) is 0 Å². The van der Waals surface area contributed by atoms with Gasteiger partial charge in [-0.05, 0) is 30.0 Å². The van der Waals surface area contributed by atoms with E-state index in [0.717, 1.165) is 5.56 Å². The van der Waals surface area contributed by atoms with Crippen LogP contribution in [0.1, 0.15) is 32.3 Å². The predicted molar refractivity (Wildman–Crippen MR) is 82.0 cm³/mol. The van der Waals surface area contributed by atoms with Crippen LogP contribution >= 0.6 is 11.6 Å². The van der Waals surface area contributed by atoms with Crippen LogP contribution in [0.4, 0.5) is 5.69 Å². The summed E-state index contributed by atoms with van der Waals surface area (Å²) in [6, 6.07) is 5.40. The Morgan fingerprint density at radius 2 is 2.05 bits per heavy atom. The van der Waals surface area contributed by atoms with Crippen LogP contribution in [0.5, 0.6) is 0 Å². The number of rotatable bonds is 2. The molecule has 0 spiro atoms. The molecule has 0 atom stereocenters. The van der Waals surface area contributed by atoms with Gasteiger partial charge in [0.05, 0.1) is 11.3 Å². The number of aryl methyl sites for hydroxylation is 1. The van der Waals surface area contributed by atoms with Crippen molar-refractivity contribution in [2.45, 2.75) is 33.6 Å². The maximum atomic E-state index is 12.1. The highest BCUT2D eigenvalue weighted by molar-refractivity contribution is 6.30. The van der Waals surface area contributed by atoms with E-state index in [0.29, 0.717) is 29.1 Å². The van der Waals surface area contributed by atoms with Crippen molar-refractivity contribution in [3.8, 4) is 0 Å². The Hall–Kier alpha value is -1.61. The molecule has 1 aromatic carbocycles. The number of carbonyl (C=O) groups excluding carboxylic acids is 1. The van der Waals surface area contributed by atoms with Gasteiger partial charge in [0.15, 0.2) is 5.78 Å². The molecule has 3 nitrogen and oxygen atoms in total. The molecule has 0 aliphatic heterocycles. The van der Waals surface area contributed by atoms with Gasteiger partial charge in [-0.3, -0.25) is 9.79 Å². The third kappa shape index (κ3) is 3.28. The van der Waals surface area contributed by atoms with E-state index in [1.54, 1.807) is 12.1 Å². The number of hydrogen-bond donors (Lipinski definition) is 1. The molecule has 2 rings (SSSR count). The molecule has 0 fully saturated rings. The third-order valence-electron chi connectivity index (χ3n) is 3.40. The molecule has 0 radical (unpaired) electrons. The van der Waals surface area contributed by atoms with Gasteiger partial charge >= 0.3 is 0 Å². The highest BCUT2D eigenvalue weighted by atomic mass is 35.5. The molecule has 0 heterocycles. The van der Waals surface area contributed by atoms with Gasteiger partial charge in [-0.2, -0.15) is 0 Å². The number of ketones is 1. The van der Waals surface area contributed by atoms with Crippen molar-refractivity contribution in [2.24, 2.45) is 10.4 Å². The van der Waals surface area contributed by atoms with Crippen molar-refractivity contribution in [2.75, 3.05) is 0 Å². The molecule has 1 N–H and O–H groups in total. The second-order valence-corrected chi connectivity index (χ2v) is 6.43. The highest BCUT2D eigenvalue weighted by Crippen LogP contribution is 2.35. The number of carbonyl (C=O) groups is 1. The lowest BCUT2D eigenvalue weighted by Crippen LogP contribution is -2.26. The maximum absolute atomic E-state index is 12.1. The Balaban J connectivity index is 2.31. The Labute approximate surface area is 124 Å². The summed E-state index contributed by atoms with van der Waals surface area (Å²) in [7, 11) is 0. The lowest BCUT2D eigenvalue weighted by Gasteiger charge is -2.28. The summed E-state index contributed by atoms with van der Waals surface area (Å²) < 4.78 is 0. The lowest BCUT2D eigenvalue weighted by atomic mass is 9.77. The molecule has 0 bridgehead atoms. The number of aliphatic hydroxyl groups excluding tert-OH is 1. The van der Waals surface area contributed by atoms with Crippen LogP contribution in [0.15, 0.2) is 34.5 Å². The number of aliphatic hydroxyl groups is 1. The van der Waals surface area contributed by atoms with E-state index in [1.165, 1.54) is 6.21 Å². The fraction of sp³-hybridized carbons (Fsp3) is 0.375. The largest absolute Gasteiger partial charge is 0.511 e. The van der Waals surface area contributed by atoms with Gasteiger partial charge in [0, 0.05) is 24.1 Å². The molecule has 0 unspecified atom stereocenters. The van der Waals surface area contributed by atoms with E-state index in [9.17, 15) is 9.90 Å². The number of halogens is 1. The molecule has 1 aliphatic carbocycles. The molecule has 0 amide bonds. The molecule has 0 saturated heterocycles. The minimum Gasteiger partial charge on any atom is -0.511 e. The van der Waals surface area contributed by atoms with Crippen LogP contribution < -0.4 is 0 Å². The van der Waals surface area contributed by atoms with E-state index in [4.69, 9.17) is 11.6 Å². The predicted octanol–water partition coefficient (Wildman–Crippen LogP) is 4.55. The standard InChI is InChI=1S/C16H18ClNO2/c1-10-4-5-11(17)6-13(10)18-9-12-14(19)7-16(2,3)8-15(12)20/h4-6,9,19H,7-8H2,1-3H3. The zero-order chi connectivity index (χ0) is 14.9. The van der Waals surface area contributed by atoms with Crippen molar-refractivity contribution in [3.63, 3.8) is 0 Å². The van der Waals surface area contributed by atoms with E-state index >= 15 is 0 Å². The second-order valence-electron chi connectivity index (χ2n) is 5.99. The van der Waals surface area contributed by atoms with E-state index in [1.807, 2.05) is 26.8 Å². The summed E-state index contributed by atoms with van der Waals surface area (Å²) >= 11 is 5.93. The molecule has 1 aliphatic rings. The summed E-state index contributed by atoms with van der Waals surface area (Å²) in [5.74, 6) is 0.0527.